The maximum Gasteiger partial charge on any atom is 0.250 e. The van der Waals surface area contributed by atoms with Gasteiger partial charge in [0.1, 0.15) is 4.21 Å². The Morgan fingerprint density at radius 2 is 2.13 bits per heavy atom. The fraction of sp³-hybridized carbons (Fsp3) is 0.556. The molecule has 0 spiro atoms. The number of rotatable bonds is 4. The van der Waals surface area contributed by atoms with Crippen molar-refractivity contribution in [2.24, 2.45) is 0 Å². The summed E-state index contributed by atoms with van der Waals surface area (Å²) in [5.41, 5.74) is 5.54. The molecule has 1 aromatic heterocycles. The Morgan fingerprint density at radius 3 is 2.53 bits per heavy atom. The van der Waals surface area contributed by atoms with E-state index in [1.807, 2.05) is 20.8 Å². The van der Waals surface area contributed by atoms with Gasteiger partial charge in [0.15, 0.2) is 0 Å². The molecule has 0 saturated carbocycles. The molecule has 0 fully saturated rings. The molecule has 0 unspecified atom stereocenters. The summed E-state index contributed by atoms with van der Waals surface area (Å²) in [4.78, 5) is 0. The van der Waals surface area contributed by atoms with Crippen molar-refractivity contribution in [3.8, 4) is 0 Å². The minimum absolute atomic E-state index is 0.265. The van der Waals surface area contributed by atoms with E-state index in [2.05, 4.69) is 4.72 Å². The Bertz CT molecular complexity index is 435. The Balaban J connectivity index is 2.95. The topological polar surface area (TPSA) is 72.2 Å². The number of thiophene rings is 1. The third-order valence-electron chi connectivity index (χ3n) is 2.16. The lowest BCUT2D eigenvalue weighted by Gasteiger charge is -2.23. The summed E-state index contributed by atoms with van der Waals surface area (Å²) in [6.07, 6.45) is 0.729. The van der Waals surface area contributed by atoms with Crippen molar-refractivity contribution in [2.45, 2.75) is 36.9 Å². The molecule has 0 aliphatic carbocycles. The molecule has 0 atom stereocenters. The highest BCUT2D eigenvalue weighted by Gasteiger charge is 2.25. The fourth-order valence-electron chi connectivity index (χ4n) is 0.957. The van der Waals surface area contributed by atoms with Gasteiger partial charge in [0, 0.05) is 16.6 Å². The highest BCUT2D eigenvalue weighted by Crippen LogP contribution is 2.23. The zero-order valence-corrected chi connectivity index (χ0v) is 10.7. The van der Waals surface area contributed by atoms with Crippen molar-refractivity contribution in [2.75, 3.05) is 5.73 Å². The average Bonchev–Trinajstić information content (AvgIpc) is 2.51. The smallest absolute Gasteiger partial charge is 0.250 e. The second-order valence-electron chi connectivity index (χ2n) is 4.04. The molecule has 4 nitrogen and oxygen atoms in total. The number of sulfonamides is 1. The summed E-state index contributed by atoms with van der Waals surface area (Å²) in [5, 5.41) is 1.62. The van der Waals surface area contributed by atoms with Crippen LogP contribution in [0.1, 0.15) is 27.2 Å². The van der Waals surface area contributed by atoms with E-state index in [-0.39, 0.29) is 4.21 Å². The fourth-order valence-corrected chi connectivity index (χ4v) is 3.52. The normalized spacial score (nSPS) is 13.0. The largest absolute Gasteiger partial charge is 0.398 e. The number of nitrogen functional groups attached to an aromatic ring is 1. The zero-order valence-electron chi connectivity index (χ0n) is 9.07. The van der Waals surface area contributed by atoms with Crippen LogP contribution in [0.2, 0.25) is 0 Å². The minimum Gasteiger partial charge on any atom is -0.398 e. The van der Waals surface area contributed by atoms with E-state index in [0.717, 1.165) is 17.8 Å². The summed E-state index contributed by atoms with van der Waals surface area (Å²) in [6.45, 7) is 5.63. The van der Waals surface area contributed by atoms with Crippen molar-refractivity contribution < 1.29 is 8.42 Å². The number of hydrogen-bond donors (Lipinski definition) is 2. The van der Waals surface area contributed by atoms with Crippen LogP contribution in [0.15, 0.2) is 15.7 Å². The van der Waals surface area contributed by atoms with Gasteiger partial charge in [-0.05, 0) is 26.3 Å². The highest BCUT2D eigenvalue weighted by molar-refractivity contribution is 7.91. The molecule has 0 bridgehead atoms. The molecule has 0 radical (unpaired) electrons. The Morgan fingerprint density at radius 1 is 1.53 bits per heavy atom. The highest BCUT2D eigenvalue weighted by atomic mass is 32.2. The van der Waals surface area contributed by atoms with E-state index in [4.69, 9.17) is 5.73 Å². The van der Waals surface area contributed by atoms with Crippen LogP contribution >= 0.6 is 11.3 Å². The second kappa shape index (κ2) is 4.11. The summed E-state index contributed by atoms with van der Waals surface area (Å²) in [6, 6.07) is 1.47. The lowest BCUT2D eigenvalue weighted by Crippen LogP contribution is -2.42. The molecule has 0 aromatic carbocycles. The molecule has 0 aliphatic heterocycles. The van der Waals surface area contributed by atoms with Crippen LogP contribution in [0, 0.1) is 0 Å². The SMILES string of the molecule is CCC(C)(C)NS(=O)(=O)c1cc(N)cs1. The van der Waals surface area contributed by atoms with Crippen molar-refractivity contribution >= 4 is 27.0 Å². The monoisotopic (exact) mass is 248 g/mol. The molecule has 0 amide bonds. The van der Waals surface area contributed by atoms with E-state index in [0.29, 0.717) is 5.69 Å². The van der Waals surface area contributed by atoms with Crippen molar-refractivity contribution in [3.63, 3.8) is 0 Å². The van der Waals surface area contributed by atoms with Crippen LogP contribution < -0.4 is 10.5 Å². The maximum atomic E-state index is 11.9. The van der Waals surface area contributed by atoms with E-state index in [1.54, 1.807) is 5.38 Å². The molecule has 3 N–H and O–H groups in total. The second-order valence-corrected chi connectivity index (χ2v) is 6.86. The average molecular weight is 248 g/mol. The molecule has 86 valence electrons. The Kier molecular flexibility index (Phi) is 3.42. The van der Waals surface area contributed by atoms with E-state index in [9.17, 15) is 8.42 Å². The first-order chi connectivity index (χ1) is 6.77. The van der Waals surface area contributed by atoms with E-state index >= 15 is 0 Å². The summed E-state index contributed by atoms with van der Waals surface area (Å²) in [7, 11) is -3.42. The van der Waals surface area contributed by atoms with Crippen LogP contribution in [0.25, 0.3) is 0 Å². The predicted octanol–water partition coefficient (Wildman–Crippen LogP) is 1.80. The van der Waals surface area contributed by atoms with Gasteiger partial charge >= 0.3 is 0 Å². The maximum absolute atomic E-state index is 11.9. The number of nitrogens with two attached hydrogens (primary N) is 1. The Hall–Kier alpha value is -0.590. The number of anilines is 1. The first kappa shape index (κ1) is 12.5. The number of nitrogens with one attached hydrogen (secondary N) is 1. The molecule has 15 heavy (non-hydrogen) atoms. The van der Waals surface area contributed by atoms with E-state index in [1.165, 1.54) is 6.07 Å². The molecule has 6 heteroatoms. The molecule has 1 rings (SSSR count). The van der Waals surface area contributed by atoms with Gasteiger partial charge in [-0.3, -0.25) is 0 Å². The first-order valence-corrected chi connectivity index (χ1v) is 7.01. The third kappa shape index (κ3) is 3.19. The standard InChI is InChI=1S/C9H16N2O2S2/c1-4-9(2,3)11-15(12,13)8-5-7(10)6-14-8/h5-6,11H,4,10H2,1-3H3. The summed E-state index contributed by atoms with van der Waals surface area (Å²) >= 11 is 1.13. The summed E-state index contributed by atoms with van der Waals surface area (Å²) < 4.78 is 26.6. The van der Waals surface area contributed by atoms with Crippen LogP contribution in [-0.4, -0.2) is 14.0 Å². The van der Waals surface area contributed by atoms with Crippen LogP contribution in [-0.2, 0) is 10.0 Å². The molecular weight excluding hydrogens is 232 g/mol. The molecule has 0 aliphatic rings. The van der Waals surface area contributed by atoms with Gasteiger partial charge in [-0.1, -0.05) is 6.92 Å². The first-order valence-electron chi connectivity index (χ1n) is 4.65. The molecular formula is C9H16N2O2S2. The lowest BCUT2D eigenvalue weighted by molar-refractivity contribution is 0.440. The van der Waals surface area contributed by atoms with Gasteiger partial charge in [-0.15, -0.1) is 11.3 Å². The van der Waals surface area contributed by atoms with Crippen LogP contribution in [0.5, 0.6) is 0 Å². The molecule has 1 aromatic rings. The van der Waals surface area contributed by atoms with Gasteiger partial charge in [0.05, 0.1) is 0 Å². The van der Waals surface area contributed by atoms with Gasteiger partial charge in [-0.25, -0.2) is 13.1 Å². The lowest BCUT2D eigenvalue weighted by atomic mass is 10.0. The molecule has 1 heterocycles. The van der Waals surface area contributed by atoms with Crippen molar-refractivity contribution in [1.82, 2.24) is 4.72 Å². The van der Waals surface area contributed by atoms with E-state index < -0.39 is 15.6 Å². The van der Waals surface area contributed by atoms with Gasteiger partial charge in [0.2, 0.25) is 0 Å². The summed E-state index contributed by atoms with van der Waals surface area (Å²) in [5.74, 6) is 0. The number of hydrogen-bond acceptors (Lipinski definition) is 4. The molecule has 0 saturated heterocycles. The van der Waals surface area contributed by atoms with Gasteiger partial charge < -0.3 is 5.73 Å². The van der Waals surface area contributed by atoms with Crippen molar-refractivity contribution in [1.29, 1.82) is 0 Å². The van der Waals surface area contributed by atoms with Crippen molar-refractivity contribution in [3.05, 3.63) is 11.4 Å². The minimum atomic E-state index is -3.42. The zero-order chi connectivity index (χ0) is 11.7. The van der Waals surface area contributed by atoms with Gasteiger partial charge in [0.25, 0.3) is 10.0 Å². The van der Waals surface area contributed by atoms with Crippen LogP contribution in [0.4, 0.5) is 5.69 Å². The predicted molar refractivity (Wildman–Crippen MR) is 63.4 cm³/mol. The van der Waals surface area contributed by atoms with Gasteiger partial charge in [-0.2, -0.15) is 0 Å². The quantitative estimate of drug-likeness (QED) is 0.853. The Labute approximate surface area is 94.5 Å². The van der Waals surface area contributed by atoms with Crippen LogP contribution in [0.3, 0.4) is 0 Å². The third-order valence-corrected chi connectivity index (χ3v) is 5.31.